The van der Waals surface area contributed by atoms with Gasteiger partial charge in [-0.2, -0.15) is 0 Å². The molecule has 1 aliphatic rings. The second-order valence-electron chi connectivity index (χ2n) is 3.99. The zero-order chi connectivity index (χ0) is 13.4. The van der Waals surface area contributed by atoms with Crippen LogP contribution in [-0.4, -0.2) is 55.2 Å². The van der Waals surface area contributed by atoms with E-state index in [-0.39, 0.29) is 12.1 Å². The lowest BCUT2D eigenvalue weighted by Gasteiger charge is -2.29. The van der Waals surface area contributed by atoms with E-state index in [0.717, 1.165) is 25.9 Å². The number of ether oxygens (including phenoxy) is 1. The highest BCUT2D eigenvalue weighted by molar-refractivity contribution is 5.71. The minimum absolute atomic E-state index is 0.0394. The van der Waals surface area contributed by atoms with Crippen LogP contribution in [0.2, 0.25) is 0 Å². The monoisotopic (exact) mass is 260 g/mol. The van der Waals surface area contributed by atoms with Gasteiger partial charge in [0.25, 0.3) is 0 Å². The third-order valence-corrected chi connectivity index (χ3v) is 2.68. The molecule has 0 bridgehead atoms. The van der Waals surface area contributed by atoms with Crippen LogP contribution < -0.4 is 5.59 Å². The molecule has 18 heavy (non-hydrogen) atoms. The van der Waals surface area contributed by atoms with E-state index in [4.69, 9.17) is 4.84 Å². The molecule has 8 nitrogen and oxygen atoms in total. The molecule has 104 valence electrons. The van der Waals surface area contributed by atoms with Crippen LogP contribution in [-0.2, 0) is 14.4 Å². The van der Waals surface area contributed by atoms with Gasteiger partial charge in [-0.25, -0.2) is 4.84 Å². The zero-order valence-corrected chi connectivity index (χ0v) is 10.8. The summed E-state index contributed by atoms with van der Waals surface area (Å²) in [7, 11) is 1.38. The van der Waals surface area contributed by atoms with Crippen molar-refractivity contribution in [2.24, 2.45) is 5.11 Å². The van der Waals surface area contributed by atoms with Crippen LogP contribution in [0.3, 0.4) is 0 Å². The van der Waals surface area contributed by atoms with E-state index < -0.39 is 0 Å². The number of piperidine rings is 1. The highest BCUT2D eigenvalue weighted by atomic mass is 16.8. The van der Waals surface area contributed by atoms with Crippen molar-refractivity contribution in [1.29, 1.82) is 0 Å². The van der Waals surface area contributed by atoms with Crippen molar-refractivity contribution in [3.05, 3.63) is 5.21 Å². The maximum absolute atomic E-state index is 11.1. The van der Waals surface area contributed by atoms with Crippen molar-refractivity contribution in [3.8, 4) is 0 Å². The fraction of sp³-hybridized carbons (Fsp3) is 0.900. The maximum Gasteiger partial charge on any atom is 0.319 e. The number of esters is 1. The van der Waals surface area contributed by atoms with E-state index in [1.807, 2.05) is 4.90 Å². The van der Waals surface area contributed by atoms with Crippen molar-refractivity contribution in [3.63, 3.8) is 0 Å². The second kappa shape index (κ2) is 7.83. The molecule has 1 aliphatic heterocycles. The quantitative estimate of drug-likeness (QED) is 0.314. The Morgan fingerprint density at radius 2 is 2.22 bits per heavy atom. The summed E-state index contributed by atoms with van der Waals surface area (Å²) in [4.78, 5) is 18.6. The first-order valence-electron chi connectivity index (χ1n) is 6.00. The molecule has 1 heterocycles. The molecule has 0 aliphatic carbocycles. The zero-order valence-electron chi connectivity index (χ0n) is 10.8. The van der Waals surface area contributed by atoms with Gasteiger partial charge in [-0.1, -0.05) is 0 Å². The Labute approximate surface area is 106 Å². The lowest BCUT2D eigenvalue weighted by Crippen LogP contribution is -2.42. The number of hydrogen-bond donors (Lipinski definition) is 1. The lowest BCUT2D eigenvalue weighted by molar-refractivity contribution is -0.649. The van der Waals surface area contributed by atoms with Gasteiger partial charge in [-0.05, 0) is 25.4 Å². The van der Waals surface area contributed by atoms with Crippen LogP contribution in [0.15, 0.2) is 5.11 Å². The molecule has 1 rings (SSSR count). The molecular formula is C10H20N4O4. The van der Waals surface area contributed by atoms with Gasteiger partial charge < -0.3 is 9.94 Å². The van der Waals surface area contributed by atoms with Gasteiger partial charge in [0.05, 0.1) is 24.7 Å². The van der Waals surface area contributed by atoms with Crippen molar-refractivity contribution < 1.29 is 19.3 Å². The second-order valence-corrected chi connectivity index (χ2v) is 3.99. The van der Waals surface area contributed by atoms with Crippen LogP contribution in [0.25, 0.3) is 0 Å². The van der Waals surface area contributed by atoms with Crippen LogP contribution in [0.1, 0.15) is 19.8 Å². The Balaban J connectivity index is 2.19. The average molecular weight is 260 g/mol. The molecule has 0 unspecified atom stereocenters. The summed E-state index contributed by atoms with van der Waals surface area (Å²) in [6, 6.07) is 0. The number of likely N-dealkylation sites (tertiary alicyclic amines) is 1. The van der Waals surface area contributed by atoms with Crippen molar-refractivity contribution >= 4 is 5.97 Å². The van der Waals surface area contributed by atoms with Gasteiger partial charge >= 0.3 is 5.97 Å². The Hall–Kier alpha value is -1.41. The van der Waals surface area contributed by atoms with Gasteiger partial charge in [0.1, 0.15) is 6.54 Å². The molecule has 0 aromatic carbocycles. The Kier molecular flexibility index (Phi) is 6.37. The first-order valence-corrected chi connectivity index (χ1v) is 6.00. The average Bonchev–Trinajstić information content (AvgIpc) is 2.38. The topological polar surface area (TPSA) is 89.2 Å². The van der Waals surface area contributed by atoms with E-state index in [9.17, 15) is 10.0 Å². The molecule has 1 saturated heterocycles. The van der Waals surface area contributed by atoms with Crippen molar-refractivity contribution in [1.82, 2.24) is 10.5 Å². The van der Waals surface area contributed by atoms with Crippen molar-refractivity contribution in [2.75, 3.05) is 33.3 Å². The molecule has 0 saturated carbocycles. The van der Waals surface area contributed by atoms with Gasteiger partial charge in [-0.3, -0.25) is 9.69 Å². The van der Waals surface area contributed by atoms with Gasteiger partial charge in [0, 0.05) is 18.2 Å². The lowest BCUT2D eigenvalue weighted by atomic mass is 10.1. The SMILES string of the molecule is CCN=[N+]([O-])NOC1CCN(CC(=O)OC)CC1. The number of rotatable bonds is 6. The molecule has 0 spiro atoms. The highest BCUT2D eigenvalue weighted by Gasteiger charge is 2.22. The number of carbonyl (C=O) groups excluding carboxylic acids is 1. The number of nitrogens with zero attached hydrogens (tertiary/aromatic N) is 3. The van der Waals surface area contributed by atoms with E-state index in [1.165, 1.54) is 7.11 Å². The fourth-order valence-electron chi connectivity index (χ4n) is 1.71. The molecular weight excluding hydrogens is 240 g/mol. The van der Waals surface area contributed by atoms with E-state index in [2.05, 4.69) is 15.4 Å². The van der Waals surface area contributed by atoms with Crippen LogP contribution in [0.4, 0.5) is 0 Å². The van der Waals surface area contributed by atoms with Crippen LogP contribution in [0.5, 0.6) is 0 Å². The Morgan fingerprint density at radius 3 is 2.78 bits per heavy atom. The number of hydrogen-bond acceptors (Lipinski definition) is 6. The number of methoxy groups -OCH3 is 1. The predicted molar refractivity (Wildman–Crippen MR) is 62.3 cm³/mol. The third kappa shape index (κ3) is 5.28. The smallest absolute Gasteiger partial charge is 0.319 e. The summed E-state index contributed by atoms with van der Waals surface area (Å²) in [5.41, 5.74) is 2.22. The summed E-state index contributed by atoms with van der Waals surface area (Å²) < 4.78 is 4.60. The molecule has 0 radical (unpaired) electrons. The maximum atomic E-state index is 11.1. The minimum atomic E-state index is -0.236. The fourth-order valence-corrected chi connectivity index (χ4v) is 1.71. The van der Waals surface area contributed by atoms with Crippen molar-refractivity contribution in [2.45, 2.75) is 25.9 Å². The summed E-state index contributed by atoms with van der Waals surface area (Å²) >= 11 is 0. The van der Waals surface area contributed by atoms with Crippen LogP contribution in [0, 0.1) is 5.21 Å². The highest BCUT2D eigenvalue weighted by Crippen LogP contribution is 2.12. The van der Waals surface area contributed by atoms with E-state index in [0.29, 0.717) is 18.1 Å². The molecule has 0 aromatic rings. The normalized spacial score (nSPS) is 18.7. The molecule has 0 aromatic heterocycles. The Morgan fingerprint density at radius 1 is 1.56 bits per heavy atom. The molecule has 0 amide bonds. The minimum Gasteiger partial charge on any atom is -0.570 e. The molecule has 1 N–H and O–H groups in total. The van der Waals surface area contributed by atoms with Gasteiger partial charge in [-0.15, -0.1) is 0 Å². The van der Waals surface area contributed by atoms with E-state index in [1.54, 1.807) is 6.92 Å². The van der Waals surface area contributed by atoms with E-state index >= 15 is 0 Å². The van der Waals surface area contributed by atoms with Gasteiger partial charge in [0.15, 0.2) is 0 Å². The molecule has 0 atom stereocenters. The standard InChI is InChI=1S/C10H20N4O4/c1-3-11-14(16)12-18-9-4-6-13(7-5-9)8-10(15)17-2/h9H,3-8H2,1-2H3,(H,11,12). The first kappa shape index (κ1) is 14.7. The summed E-state index contributed by atoms with van der Waals surface area (Å²) in [6.07, 6.45) is 1.47. The molecule has 8 heteroatoms. The predicted octanol–water partition coefficient (Wildman–Crippen LogP) is 0.0424. The largest absolute Gasteiger partial charge is 0.570 e. The summed E-state index contributed by atoms with van der Waals surface area (Å²) in [6.45, 7) is 3.95. The third-order valence-electron chi connectivity index (χ3n) is 2.68. The Bertz CT molecular complexity index is 290. The summed E-state index contributed by atoms with van der Waals surface area (Å²) in [5.74, 6) is -0.236. The number of nitrogens with one attached hydrogen (secondary N) is 1. The number of hydrazine groups is 1. The number of carbonyl (C=O) groups is 1. The summed E-state index contributed by atoms with van der Waals surface area (Å²) in [5, 5.41) is 14.5. The van der Waals surface area contributed by atoms with Crippen LogP contribution >= 0.6 is 0 Å². The first-order chi connectivity index (χ1) is 8.65. The van der Waals surface area contributed by atoms with Gasteiger partial charge in [0.2, 0.25) is 0 Å². The molecule has 1 fully saturated rings.